The van der Waals surface area contributed by atoms with E-state index in [1.165, 1.54) is 0 Å². The van der Waals surface area contributed by atoms with Crippen LogP contribution in [0.25, 0.3) is 0 Å². The summed E-state index contributed by atoms with van der Waals surface area (Å²) in [7, 11) is 0. The van der Waals surface area contributed by atoms with Crippen molar-refractivity contribution in [2.24, 2.45) is 0 Å². The van der Waals surface area contributed by atoms with E-state index in [0.717, 1.165) is 36.6 Å². The van der Waals surface area contributed by atoms with Crippen molar-refractivity contribution in [1.82, 2.24) is 5.32 Å². The Labute approximate surface area is 130 Å². The van der Waals surface area contributed by atoms with Crippen LogP contribution in [0, 0.1) is 0 Å². The second kappa shape index (κ2) is 8.89. The highest BCUT2D eigenvalue weighted by Crippen LogP contribution is 2.15. The first-order valence-corrected chi connectivity index (χ1v) is 7.53. The molecule has 1 aromatic heterocycles. The molecule has 5 nitrogen and oxygen atoms in total. The number of carbonyl (C=O) groups is 1. The van der Waals surface area contributed by atoms with Gasteiger partial charge in [0.1, 0.15) is 11.5 Å². The number of carbonyl (C=O) groups excluding carboxylic acids is 1. The number of hydrogen-bond donors (Lipinski definition) is 2. The Morgan fingerprint density at radius 2 is 2.05 bits per heavy atom. The largest absolute Gasteiger partial charge is 0.494 e. The number of amides is 1. The topological polar surface area (TPSA) is 63.5 Å². The van der Waals surface area contributed by atoms with Crippen LogP contribution in [0.15, 0.2) is 47.1 Å². The summed E-state index contributed by atoms with van der Waals surface area (Å²) in [6.07, 6.45) is 3.76. The molecule has 5 heteroatoms. The molecule has 22 heavy (non-hydrogen) atoms. The average molecular weight is 302 g/mol. The van der Waals surface area contributed by atoms with E-state index in [-0.39, 0.29) is 12.5 Å². The van der Waals surface area contributed by atoms with Gasteiger partial charge in [0, 0.05) is 5.69 Å². The number of rotatable bonds is 9. The van der Waals surface area contributed by atoms with E-state index in [1.807, 2.05) is 36.4 Å². The molecule has 0 bridgehead atoms. The predicted octanol–water partition coefficient (Wildman–Crippen LogP) is 3.19. The van der Waals surface area contributed by atoms with Gasteiger partial charge in [0.05, 0.1) is 26.0 Å². The molecule has 1 aromatic carbocycles. The van der Waals surface area contributed by atoms with Gasteiger partial charge in [-0.1, -0.05) is 13.3 Å². The predicted molar refractivity (Wildman–Crippen MR) is 85.9 cm³/mol. The first-order valence-electron chi connectivity index (χ1n) is 7.53. The van der Waals surface area contributed by atoms with Gasteiger partial charge in [0.2, 0.25) is 5.91 Å². The fraction of sp³-hybridized carbons (Fsp3) is 0.353. The van der Waals surface area contributed by atoms with Gasteiger partial charge >= 0.3 is 0 Å². The van der Waals surface area contributed by atoms with Gasteiger partial charge in [-0.2, -0.15) is 0 Å². The molecule has 2 N–H and O–H groups in total. The van der Waals surface area contributed by atoms with E-state index in [4.69, 9.17) is 9.15 Å². The molecule has 0 atom stereocenters. The standard InChI is InChI=1S/C17H22N2O3/c1-2-3-10-21-15-8-6-14(7-9-15)19-17(20)13-18-12-16-5-4-11-22-16/h4-9,11,18H,2-3,10,12-13H2,1H3,(H,19,20). The lowest BCUT2D eigenvalue weighted by molar-refractivity contribution is -0.115. The third kappa shape index (κ3) is 5.61. The molecule has 0 radical (unpaired) electrons. The molecule has 0 aliphatic rings. The molecular weight excluding hydrogens is 280 g/mol. The Hall–Kier alpha value is -2.27. The number of nitrogens with one attached hydrogen (secondary N) is 2. The van der Waals surface area contributed by atoms with Crippen molar-refractivity contribution in [3.05, 3.63) is 48.4 Å². The molecular formula is C17H22N2O3. The normalized spacial score (nSPS) is 10.4. The van der Waals surface area contributed by atoms with E-state index < -0.39 is 0 Å². The van der Waals surface area contributed by atoms with E-state index in [9.17, 15) is 4.79 Å². The lowest BCUT2D eigenvalue weighted by Gasteiger charge is -2.08. The fourth-order valence-corrected chi connectivity index (χ4v) is 1.89. The second-order valence-electron chi connectivity index (χ2n) is 4.96. The van der Waals surface area contributed by atoms with Crippen LogP contribution in [-0.4, -0.2) is 19.1 Å². The van der Waals surface area contributed by atoms with Crippen molar-refractivity contribution >= 4 is 11.6 Å². The quantitative estimate of drug-likeness (QED) is 0.698. The monoisotopic (exact) mass is 302 g/mol. The first kappa shape index (κ1) is 16.1. The van der Waals surface area contributed by atoms with Crippen LogP contribution in [0.5, 0.6) is 5.75 Å². The van der Waals surface area contributed by atoms with Crippen LogP contribution in [-0.2, 0) is 11.3 Å². The maximum absolute atomic E-state index is 11.8. The summed E-state index contributed by atoms with van der Waals surface area (Å²) in [5, 5.41) is 5.85. The average Bonchev–Trinajstić information content (AvgIpc) is 3.03. The van der Waals surface area contributed by atoms with Crippen LogP contribution in [0.1, 0.15) is 25.5 Å². The van der Waals surface area contributed by atoms with Gasteiger partial charge in [-0.25, -0.2) is 0 Å². The zero-order valence-electron chi connectivity index (χ0n) is 12.8. The summed E-state index contributed by atoms with van der Waals surface area (Å²) in [5.74, 6) is 1.54. The number of unbranched alkanes of at least 4 members (excludes halogenated alkanes) is 1. The lowest BCUT2D eigenvalue weighted by atomic mass is 10.3. The van der Waals surface area contributed by atoms with Crippen molar-refractivity contribution in [2.75, 3.05) is 18.5 Å². The summed E-state index contributed by atoms with van der Waals surface area (Å²) in [6, 6.07) is 11.1. The summed E-state index contributed by atoms with van der Waals surface area (Å²) in [5.41, 5.74) is 0.757. The Kier molecular flexibility index (Phi) is 6.51. The van der Waals surface area contributed by atoms with E-state index in [1.54, 1.807) is 6.26 Å². The molecule has 0 saturated heterocycles. The van der Waals surface area contributed by atoms with Crippen LogP contribution in [0.3, 0.4) is 0 Å². The number of ether oxygens (including phenoxy) is 1. The highest BCUT2D eigenvalue weighted by molar-refractivity contribution is 5.92. The van der Waals surface area contributed by atoms with Gasteiger partial charge in [-0.05, 0) is 42.8 Å². The number of hydrogen-bond acceptors (Lipinski definition) is 4. The highest BCUT2D eigenvalue weighted by Gasteiger charge is 2.03. The number of furan rings is 1. The Morgan fingerprint density at radius 3 is 2.73 bits per heavy atom. The molecule has 0 unspecified atom stereocenters. The molecule has 0 saturated carbocycles. The Balaban J connectivity index is 1.69. The van der Waals surface area contributed by atoms with Crippen LogP contribution >= 0.6 is 0 Å². The third-order valence-electron chi connectivity index (χ3n) is 3.07. The zero-order chi connectivity index (χ0) is 15.6. The van der Waals surface area contributed by atoms with Crippen molar-refractivity contribution in [2.45, 2.75) is 26.3 Å². The van der Waals surface area contributed by atoms with Gasteiger partial charge in [0.15, 0.2) is 0 Å². The minimum absolute atomic E-state index is 0.0915. The van der Waals surface area contributed by atoms with Crippen molar-refractivity contribution in [1.29, 1.82) is 0 Å². The zero-order valence-corrected chi connectivity index (χ0v) is 12.8. The van der Waals surface area contributed by atoms with Crippen molar-refractivity contribution in [3.63, 3.8) is 0 Å². The van der Waals surface area contributed by atoms with E-state index in [0.29, 0.717) is 6.54 Å². The smallest absolute Gasteiger partial charge is 0.238 e. The lowest BCUT2D eigenvalue weighted by Crippen LogP contribution is -2.27. The van der Waals surface area contributed by atoms with Crippen LogP contribution in [0.2, 0.25) is 0 Å². The molecule has 2 aromatic rings. The van der Waals surface area contributed by atoms with E-state index >= 15 is 0 Å². The second-order valence-corrected chi connectivity index (χ2v) is 4.96. The first-order chi connectivity index (χ1) is 10.8. The van der Waals surface area contributed by atoms with Gasteiger partial charge < -0.3 is 19.8 Å². The molecule has 1 amide bonds. The summed E-state index contributed by atoms with van der Waals surface area (Å²) in [6.45, 7) is 3.61. The van der Waals surface area contributed by atoms with Gasteiger partial charge in [-0.3, -0.25) is 4.79 Å². The van der Waals surface area contributed by atoms with Crippen LogP contribution < -0.4 is 15.4 Å². The third-order valence-corrected chi connectivity index (χ3v) is 3.07. The van der Waals surface area contributed by atoms with Crippen molar-refractivity contribution < 1.29 is 13.9 Å². The molecule has 1 heterocycles. The number of benzene rings is 1. The minimum Gasteiger partial charge on any atom is -0.494 e. The summed E-state index contributed by atoms with van der Waals surface area (Å²) < 4.78 is 10.8. The molecule has 0 fully saturated rings. The maximum Gasteiger partial charge on any atom is 0.238 e. The van der Waals surface area contributed by atoms with Gasteiger partial charge in [-0.15, -0.1) is 0 Å². The SMILES string of the molecule is CCCCOc1ccc(NC(=O)CNCc2ccco2)cc1. The fourth-order valence-electron chi connectivity index (χ4n) is 1.89. The molecule has 118 valence electrons. The van der Waals surface area contributed by atoms with Gasteiger partial charge in [0.25, 0.3) is 0 Å². The Morgan fingerprint density at radius 1 is 1.23 bits per heavy atom. The number of anilines is 1. The maximum atomic E-state index is 11.8. The Bertz CT molecular complexity index is 550. The van der Waals surface area contributed by atoms with Crippen LogP contribution in [0.4, 0.5) is 5.69 Å². The molecule has 2 rings (SSSR count). The summed E-state index contributed by atoms with van der Waals surface area (Å²) >= 11 is 0. The summed E-state index contributed by atoms with van der Waals surface area (Å²) in [4.78, 5) is 11.8. The molecule has 0 aliphatic heterocycles. The molecule has 0 spiro atoms. The minimum atomic E-state index is -0.0915. The molecule has 0 aliphatic carbocycles. The highest BCUT2D eigenvalue weighted by atomic mass is 16.5. The van der Waals surface area contributed by atoms with Crippen molar-refractivity contribution in [3.8, 4) is 5.75 Å². The van der Waals surface area contributed by atoms with E-state index in [2.05, 4.69) is 17.6 Å².